The van der Waals surface area contributed by atoms with E-state index in [1.165, 1.54) is 12.1 Å². The van der Waals surface area contributed by atoms with Gasteiger partial charge in [-0.2, -0.15) is 0 Å². The van der Waals surface area contributed by atoms with Gasteiger partial charge in [-0.3, -0.25) is 10.1 Å². The minimum absolute atomic E-state index is 0.0245. The monoisotopic (exact) mass is 258 g/mol. The van der Waals surface area contributed by atoms with Gasteiger partial charge in [-0.15, -0.1) is 0 Å². The maximum atomic E-state index is 11.2. The molecule has 0 aliphatic carbocycles. The molecule has 96 valence electrons. The molecule has 0 aromatic heterocycles. The highest BCUT2D eigenvalue weighted by Crippen LogP contribution is 2.31. The average molecular weight is 258 g/mol. The first-order valence-corrected chi connectivity index (χ1v) is 5.37. The molecule has 2 aromatic rings. The summed E-state index contributed by atoms with van der Waals surface area (Å²) in [4.78, 5) is 21.4. The highest BCUT2D eigenvalue weighted by Gasteiger charge is 2.17. The number of nitro groups is 1. The zero-order chi connectivity index (χ0) is 14.0. The summed E-state index contributed by atoms with van der Waals surface area (Å²) in [6.45, 7) is 0. The molecule has 0 amide bonds. The minimum atomic E-state index is -1.16. The third-order valence-corrected chi connectivity index (χ3v) is 2.70. The van der Waals surface area contributed by atoms with Crippen LogP contribution >= 0.6 is 0 Å². The maximum absolute atomic E-state index is 11.2. The van der Waals surface area contributed by atoms with Gasteiger partial charge in [0.2, 0.25) is 0 Å². The molecule has 0 bridgehead atoms. The number of non-ortho nitro benzene ring substituents is 1. The highest BCUT2D eigenvalue weighted by atomic mass is 16.6. The van der Waals surface area contributed by atoms with Crippen LogP contribution in [-0.2, 0) is 0 Å². The summed E-state index contributed by atoms with van der Waals surface area (Å²) in [5.74, 6) is -1.16. The molecular formula is C13H10N2O4. The number of carboxylic acids is 1. The largest absolute Gasteiger partial charge is 0.478 e. The van der Waals surface area contributed by atoms with E-state index in [1.807, 2.05) is 0 Å². The Morgan fingerprint density at radius 2 is 1.84 bits per heavy atom. The number of rotatable bonds is 3. The average Bonchev–Trinajstić information content (AvgIpc) is 2.38. The summed E-state index contributed by atoms with van der Waals surface area (Å²) >= 11 is 0. The van der Waals surface area contributed by atoms with Gasteiger partial charge >= 0.3 is 5.97 Å². The molecule has 6 nitrogen and oxygen atoms in total. The molecular weight excluding hydrogens is 248 g/mol. The first-order chi connectivity index (χ1) is 9.00. The van der Waals surface area contributed by atoms with E-state index in [9.17, 15) is 14.9 Å². The molecule has 2 aromatic carbocycles. The number of nitro benzene ring substituents is 1. The Hall–Kier alpha value is -2.89. The van der Waals surface area contributed by atoms with Crippen LogP contribution in [0.1, 0.15) is 10.4 Å². The van der Waals surface area contributed by atoms with Crippen molar-refractivity contribution < 1.29 is 14.8 Å². The van der Waals surface area contributed by atoms with Crippen LogP contribution in [0.3, 0.4) is 0 Å². The van der Waals surface area contributed by atoms with Crippen LogP contribution in [-0.4, -0.2) is 16.0 Å². The van der Waals surface area contributed by atoms with Gasteiger partial charge in [-0.25, -0.2) is 4.79 Å². The summed E-state index contributed by atoms with van der Waals surface area (Å²) in [6.07, 6.45) is 0. The number of anilines is 1. The number of nitrogens with two attached hydrogens (primary N) is 1. The molecule has 0 spiro atoms. The van der Waals surface area contributed by atoms with Crippen molar-refractivity contribution in [2.24, 2.45) is 0 Å². The van der Waals surface area contributed by atoms with Crippen molar-refractivity contribution in [1.29, 1.82) is 0 Å². The second-order valence-electron chi connectivity index (χ2n) is 3.88. The van der Waals surface area contributed by atoms with Crippen LogP contribution in [0.4, 0.5) is 11.4 Å². The quantitative estimate of drug-likeness (QED) is 0.499. The second-order valence-corrected chi connectivity index (χ2v) is 3.88. The number of carboxylic acid groups (broad SMARTS) is 1. The van der Waals surface area contributed by atoms with Gasteiger partial charge < -0.3 is 10.8 Å². The molecule has 6 heteroatoms. The Morgan fingerprint density at radius 1 is 1.16 bits per heavy atom. The van der Waals surface area contributed by atoms with E-state index in [4.69, 9.17) is 10.8 Å². The lowest BCUT2D eigenvalue weighted by Crippen LogP contribution is -2.02. The number of nitrogens with zero attached hydrogens (tertiary/aromatic N) is 1. The van der Waals surface area contributed by atoms with Crippen molar-refractivity contribution in [1.82, 2.24) is 0 Å². The maximum Gasteiger partial charge on any atom is 0.336 e. The van der Waals surface area contributed by atoms with E-state index in [2.05, 4.69) is 0 Å². The van der Waals surface area contributed by atoms with E-state index in [1.54, 1.807) is 24.3 Å². The first-order valence-electron chi connectivity index (χ1n) is 5.37. The van der Waals surface area contributed by atoms with E-state index in [0.29, 0.717) is 11.3 Å². The molecule has 0 heterocycles. The van der Waals surface area contributed by atoms with Gasteiger partial charge in [-0.1, -0.05) is 18.2 Å². The van der Waals surface area contributed by atoms with Gasteiger partial charge in [0.15, 0.2) is 0 Å². The minimum Gasteiger partial charge on any atom is -0.478 e. The fourth-order valence-electron chi connectivity index (χ4n) is 1.80. The lowest BCUT2D eigenvalue weighted by atomic mass is 9.97. The van der Waals surface area contributed by atoms with Crippen LogP contribution < -0.4 is 5.73 Å². The Kier molecular flexibility index (Phi) is 3.15. The van der Waals surface area contributed by atoms with Crippen LogP contribution in [0, 0.1) is 10.1 Å². The van der Waals surface area contributed by atoms with Crippen molar-refractivity contribution in [2.45, 2.75) is 0 Å². The number of hydrogen-bond donors (Lipinski definition) is 2. The van der Waals surface area contributed by atoms with Crippen molar-refractivity contribution >= 4 is 17.3 Å². The van der Waals surface area contributed by atoms with Gasteiger partial charge in [0.1, 0.15) is 0 Å². The summed E-state index contributed by atoms with van der Waals surface area (Å²) in [5, 5.41) is 19.9. The van der Waals surface area contributed by atoms with Gasteiger partial charge in [-0.05, 0) is 12.1 Å². The molecule has 0 radical (unpaired) electrons. The second kappa shape index (κ2) is 4.77. The van der Waals surface area contributed by atoms with E-state index in [-0.39, 0.29) is 16.8 Å². The number of aromatic carboxylic acids is 1. The Labute approximate surface area is 108 Å². The molecule has 3 N–H and O–H groups in total. The van der Waals surface area contributed by atoms with E-state index in [0.717, 1.165) is 6.07 Å². The predicted octanol–water partition coefficient (Wildman–Crippen LogP) is 2.54. The first kappa shape index (κ1) is 12.6. The molecule has 19 heavy (non-hydrogen) atoms. The molecule has 0 aliphatic heterocycles. The topological polar surface area (TPSA) is 106 Å². The fourth-order valence-corrected chi connectivity index (χ4v) is 1.80. The smallest absolute Gasteiger partial charge is 0.336 e. The number of benzene rings is 2. The van der Waals surface area contributed by atoms with Crippen molar-refractivity contribution in [3.63, 3.8) is 0 Å². The molecule has 0 atom stereocenters. The normalized spacial score (nSPS) is 10.1. The molecule has 0 fully saturated rings. The Morgan fingerprint density at radius 3 is 2.42 bits per heavy atom. The van der Waals surface area contributed by atoms with E-state index >= 15 is 0 Å². The zero-order valence-corrected chi connectivity index (χ0v) is 9.74. The summed E-state index contributed by atoms with van der Waals surface area (Å²) in [6, 6.07) is 10.2. The van der Waals surface area contributed by atoms with Crippen molar-refractivity contribution in [3.8, 4) is 11.1 Å². The summed E-state index contributed by atoms with van der Waals surface area (Å²) in [5.41, 5.74) is 6.65. The zero-order valence-electron chi connectivity index (χ0n) is 9.74. The Bertz CT molecular complexity index is 667. The molecule has 0 unspecified atom stereocenters. The molecule has 0 saturated carbocycles. The molecule has 2 rings (SSSR count). The molecule has 0 saturated heterocycles. The summed E-state index contributed by atoms with van der Waals surface area (Å²) in [7, 11) is 0. The lowest BCUT2D eigenvalue weighted by Gasteiger charge is -2.08. The number of nitrogen functional groups attached to an aromatic ring is 1. The summed E-state index contributed by atoms with van der Waals surface area (Å²) < 4.78 is 0. The fraction of sp³-hybridized carbons (Fsp3) is 0. The third-order valence-electron chi connectivity index (χ3n) is 2.70. The van der Waals surface area contributed by atoms with Crippen LogP contribution in [0.15, 0.2) is 42.5 Å². The molecule has 0 aliphatic rings. The van der Waals surface area contributed by atoms with Gasteiger partial charge in [0, 0.05) is 28.9 Å². The van der Waals surface area contributed by atoms with Crippen LogP contribution in [0.5, 0.6) is 0 Å². The SMILES string of the molecule is Nc1ccccc1-c1cc([N+](=O)[O-])ccc1C(=O)O. The number of hydrogen-bond acceptors (Lipinski definition) is 4. The van der Waals surface area contributed by atoms with Crippen molar-refractivity contribution in [2.75, 3.05) is 5.73 Å². The number of carbonyl (C=O) groups is 1. The third kappa shape index (κ3) is 2.37. The predicted molar refractivity (Wildman–Crippen MR) is 69.9 cm³/mol. The van der Waals surface area contributed by atoms with Crippen LogP contribution in [0.2, 0.25) is 0 Å². The number of para-hydroxylation sites is 1. The highest BCUT2D eigenvalue weighted by molar-refractivity contribution is 5.98. The van der Waals surface area contributed by atoms with E-state index < -0.39 is 10.9 Å². The van der Waals surface area contributed by atoms with Crippen molar-refractivity contribution in [3.05, 3.63) is 58.1 Å². The Balaban J connectivity index is 2.72. The van der Waals surface area contributed by atoms with Crippen LogP contribution in [0.25, 0.3) is 11.1 Å². The lowest BCUT2D eigenvalue weighted by molar-refractivity contribution is -0.384. The standard InChI is InChI=1S/C13H10N2O4/c14-12-4-2-1-3-9(12)11-7-8(15(18)19)5-6-10(11)13(16)17/h1-7H,14H2,(H,16,17). The van der Waals surface area contributed by atoms with Gasteiger partial charge in [0.25, 0.3) is 5.69 Å². The van der Waals surface area contributed by atoms with Gasteiger partial charge in [0.05, 0.1) is 10.5 Å².